The van der Waals surface area contributed by atoms with Gasteiger partial charge in [-0.2, -0.15) is 5.26 Å². The number of imidazole rings is 1. The minimum absolute atomic E-state index is 0.0922. The molecular formula is C27H32N4O2. The van der Waals surface area contributed by atoms with Gasteiger partial charge in [0.25, 0.3) is 0 Å². The summed E-state index contributed by atoms with van der Waals surface area (Å²) < 4.78 is 3.10. The summed E-state index contributed by atoms with van der Waals surface area (Å²) in [7, 11) is 0. The van der Waals surface area contributed by atoms with Crippen LogP contribution >= 0.6 is 0 Å². The highest BCUT2D eigenvalue weighted by atomic mass is 16.3. The highest BCUT2D eigenvalue weighted by Crippen LogP contribution is 2.39. The lowest BCUT2D eigenvalue weighted by Gasteiger charge is -2.28. The molecule has 0 saturated carbocycles. The van der Waals surface area contributed by atoms with E-state index in [4.69, 9.17) is 5.41 Å². The van der Waals surface area contributed by atoms with Crippen LogP contribution in [0.15, 0.2) is 48.7 Å². The second-order valence-corrected chi connectivity index (χ2v) is 10.5. The summed E-state index contributed by atoms with van der Waals surface area (Å²) in [5.41, 5.74) is 2.52. The number of hydrogen-bond donors (Lipinski definition) is 2. The Labute approximate surface area is 195 Å². The summed E-state index contributed by atoms with van der Waals surface area (Å²) in [4.78, 5) is 13.4. The molecule has 0 aliphatic heterocycles. The smallest absolute Gasteiger partial charge is 0.203 e. The van der Waals surface area contributed by atoms with E-state index < -0.39 is 0 Å². The van der Waals surface area contributed by atoms with Gasteiger partial charge in [-0.1, -0.05) is 71.9 Å². The second kappa shape index (κ2) is 8.74. The maximum Gasteiger partial charge on any atom is 0.203 e. The van der Waals surface area contributed by atoms with Gasteiger partial charge in [0.05, 0.1) is 13.1 Å². The van der Waals surface area contributed by atoms with Crippen LogP contribution in [0.3, 0.4) is 0 Å². The Morgan fingerprint density at radius 1 is 1.03 bits per heavy atom. The minimum atomic E-state index is -0.356. The van der Waals surface area contributed by atoms with Crippen LogP contribution in [0.5, 0.6) is 5.75 Å². The molecule has 0 aliphatic carbocycles. The molecule has 1 aromatic heterocycles. The van der Waals surface area contributed by atoms with Crippen molar-refractivity contribution in [2.24, 2.45) is 0 Å². The number of ketones is 1. The fourth-order valence-corrected chi connectivity index (χ4v) is 3.87. The SMILES string of the molecule is CC(C)(C)c1cc(C(=O)Cn2c(C#N)cn(Cc3ccccc3)c2=N)cc(C(C)(C)C)c1O. The molecule has 2 aromatic carbocycles. The van der Waals surface area contributed by atoms with E-state index >= 15 is 0 Å². The van der Waals surface area contributed by atoms with Gasteiger partial charge in [-0.25, -0.2) is 0 Å². The number of benzene rings is 2. The van der Waals surface area contributed by atoms with Gasteiger partial charge in [-0.3, -0.25) is 14.8 Å². The predicted molar refractivity (Wildman–Crippen MR) is 128 cm³/mol. The number of phenolic OH excluding ortho intramolecular Hbond substituents is 1. The van der Waals surface area contributed by atoms with Crippen LogP contribution in [0.1, 0.15) is 74.3 Å². The average molecular weight is 445 g/mol. The number of nitrogens with one attached hydrogen (secondary N) is 1. The molecule has 3 rings (SSSR count). The van der Waals surface area contributed by atoms with E-state index in [9.17, 15) is 15.2 Å². The minimum Gasteiger partial charge on any atom is -0.507 e. The summed E-state index contributed by atoms with van der Waals surface area (Å²) in [6, 6.07) is 15.3. The first-order valence-corrected chi connectivity index (χ1v) is 11.0. The molecule has 6 heteroatoms. The summed E-state index contributed by atoms with van der Waals surface area (Å²) in [6.07, 6.45) is 1.61. The van der Waals surface area contributed by atoms with Crippen molar-refractivity contribution in [2.75, 3.05) is 0 Å². The van der Waals surface area contributed by atoms with E-state index in [1.54, 1.807) is 22.9 Å². The number of phenols is 1. The van der Waals surface area contributed by atoms with Crippen molar-refractivity contribution in [3.05, 3.63) is 82.2 Å². The number of aromatic nitrogens is 2. The number of aromatic hydroxyl groups is 1. The molecule has 0 unspecified atom stereocenters. The van der Waals surface area contributed by atoms with Crippen molar-refractivity contribution in [3.8, 4) is 11.8 Å². The molecule has 172 valence electrons. The van der Waals surface area contributed by atoms with Gasteiger partial charge in [0.1, 0.15) is 17.5 Å². The number of rotatable bonds is 5. The van der Waals surface area contributed by atoms with Crippen LogP contribution in [0.4, 0.5) is 0 Å². The van der Waals surface area contributed by atoms with Gasteiger partial charge in [-0.05, 0) is 28.5 Å². The number of carbonyl (C=O) groups is 1. The van der Waals surface area contributed by atoms with Crippen molar-refractivity contribution in [1.29, 1.82) is 10.7 Å². The van der Waals surface area contributed by atoms with Crippen molar-refractivity contribution < 1.29 is 9.90 Å². The van der Waals surface area contributed by atoms with Gasteiger partial charge >= 0.3 is 0 Å². The molecule has 0 aliphatic rings. The fourth-order valence-electron chi connectivity index (χ4n) is 3.87. The van der Waals surface area contributed by atoms with E-state index in [2.05, 4.69) is 6.07 Å². The molecule has 2 N–H and O–H groups in total. The molecule has 3 aromatic rings. The highest BCUT2D eigenvalue weighted by Gasteiger charge is 2.28. The second-order valence-electron chi connectivity index (χ2n) is 10.5. The summed E-state index contributed by atoms with van der Waals surface area (Å²) in [5, 5.41) is 29.1. The van der Waals surface area contributed by atoms with Crippen molar-refractivity contribution in [2.45, 2.75) is 65.5 Å². The third-order valence-corrected chi connectivity index (χ3v) is 5.76. The van der Waals surface area contributed by atoms with Crippen LogP contribution in [-0.4, -0.2) is 20.0 Å². The highest BCUT2D eigenvalue weighted by molar-refractivity contribution is 5.96. The van der Waals surface area contributed by atoms with Gasteiger partial charge in [0.15, 0.2) is 5.78 Å². The van der Waals surface area contributed by atoms with Crippen molar-refractivity contribution in [1.82, 2.24) is 9.13 Å². The standard InChI is InChI=1S/C27H32N4O2/c1-26(2,3)21-12-19(13-22(24(21)33)27(4,5)6)23(32)17-31-20(14-28)16-30(25(31)29)15-18-10-8-7-9-11-18/h7-13,16,29,33H,15,17H2,1-6H3. The fraction of sp³-hybridized carbons (Fsp3) is 0.370. The topological polar surface area (TPSA) is 94.8 Å². The van der Waals surface area contributed by atoms with Gasteiger partial charge in [0.2, 0.25) is 5.62 Å². The van der Waals surface area contributed by atoms with E-state index in [1.807, 2.05) is 71.9 Å². The molecule has 0 amide bonds. The van der Waals surface area contributed by atoms with Crippen LogP contribution < -0.4 is 5.62 Å². The molecule has 6 nitrogen and oxygen atoms in total. The maximum atomic E-state index is 13.4. The van der Waals surface area contributed by atoms with E-state index in [-0.39, 0.29) is 40.2 Å². The zero-order chi connectivity index (χ0) is 24.6. The molecule has 0 atom stereocenters. The molecule has 0 fully saturated rings. The monoisotopic (exact) mass is 444 g/mol. The van der Waals surface area contributed by atoms with Crippen molar-refractivity contribution >= 4 is 5.78 Å². The lowest BCUT2D eigenvalue weighted by molar-refractivity contribution is 0.0969. The Balaban J connectivity index is 2.03. The van der Waals surface area contributed by atoms with Gasteiger partial charge in [0, 0.05) is 22.9 Å². The zero-order valence-corrected chi connectivity index (χ0v) is 20.2. The molecule has 1 heterocycles. The predicted octanol–water partition coefficient (Wildman–Crippen LogP) is 4.87. The van der Waals surface area contributed by atoms with Crippen LogP contribution in [-0.2, 0) is 23.9 Å². The van der Waals surface area contributed by atoms with E-state index in [1.165, 1.54) is 4.57 Å². The number of carbonyl (C=O) groups excluding carboxylic acids is 1. The average Bonchev–Trinajstić information content (AvgIpc) is 3.02. The summed E-state index contributed by atoms with van der Waals surface area (Å²) in [5.74, 6) is 0.00516. The zero-order valence-electron chi connectivity index (χ0n) is 20.2. The Kier molecular flexibility index (Phi) is 6.37. The van der Waals surface area contributed by atoms with Gasteiger partial charge < -0.3 is 9.67 Å². The first-order valence-electron chi connectivity index (χ1n) is 11.0. The molecule has 0 saturated heterocycles. The van der Waals surface area contributed by atoms with Crippen LogP contribution in [0, 0.1) is 16.7 Å². The van der Waals surface area contributed by atoms with Crippen LogP contribution in [0.2, 0.25) is 0 Å². The van der Waals surface area contributed by atoms with Gasteiger partial charge in [-0.15, -0.1) is 0 Å². The Morgan fingerprint density at radius 3 is 2.06 bits per heavy atom. The largest absolute Gasteiger partial charge is 0.507 e. The third kappa shape index (κ3) is 5.09. The Bertz CT molecular complexity index is 1240. The first-order chi connectivity index (χ1) is 15.3. The lowest BCUT2D eigenvalue weighted by Crippen LogP contribution is -2.28. The molecule has 33 heavy (non-hydrogen) atoms. The van der Waals surface area contributed by atoms with Crippen molar-refractivity contribution in [3.63, 3.8) is 0 Å². The van der Waals surface area contributed by atoms with Crippen LogP contribution in [0.25, 0.3) is 0 Å². The summed E-state index contributed by atoms with van der Waals surface area (Å²) in [6.45, 7) is 12.3. The third-order valence-electron chi connectivity index (χ3n) is 5.76. The Hall–Kier alpha value is -3.59. The molecule has 0 spiro atoms. The normalized spacial score (nSPS) is 11.9. The molecule has 0 radical (unpaired) electrons. The van der Waals surface area contributed by atoms with E-state index in [0.29, 0.717) is 23.2 Å². The number of hydrogen-bond acceptors (Lipinski definition) is 4. The lowest BCUT2D eigenvalue weighted by atomic mass is 9.78. The molecular weight excluding hydrogens is 412 g/mol. The summed E-state index contributed by atoms with van der Waals surface area (Å²) >= 11 is 0. The number of nitriles is 1. The number of nitrogens with zero attached hydrogens (tertiary/aromatic N) is 3. The first kappa shape index (κ1) is 24.1. The quantitative estimate of drug-likeness (QED) is 0.550. The number of Topliss-reactive ketones (excluding diaryl/α,β-unsaturated/α-hetero) is 1. The molecule has 0 bridgehead atoms. The van der Waals surface area contributed by atoms with E-state index in [0.717, 1.165) is 5.56 Å². The maximum absolute atomic E-state index is 13.4. The Morgan fingerprint density at radius 2 is 1.58 bits per heavy atom.